The maximum Gasteiger partial charge on any atom is 0.127 e. The number of ether oxygens (including phenoxy) is 1. The van der Waals surface area contributed by atoms with Crippen molar-refractivity contribution in [2.75, 3.05) is 0 Å². The van der Waals surface area contributed by atoms with Crippen molar-refractivity contribution in [3.05, 3.63) is 23.3 Å². The Kier molecular flexibility index (Phi) is 5.65. The van der Waals surface area contributed by atoms with Crippen LogP contribution in [0.5, 0.6) is 11.5 Å². The van der Waals surface area contributed by atoms with Gasteiger partial charge in [-0.15, -0.1) is 0 Å². The minimum Gasteiger partial charge on any atom is -0.508 e. The van der Waals surface area contributed by atoms with E-state index in [4.69, 9.17) is 4.74 Å². The molecule has 3 rings (SSSR count). The molecule has 1 aliphatic heterocycles. The number of hydrogen-bond donors (Lipinski definition) is 1. The molecule has 1 heterocycles. The maximum absolute atomic E-state index is 10.8. The van der Waals surface area contributed by atoms with E-state index in [2.05, 4.69) is 33.8 Å². The van der Waals surface area contributed by atoms with Gasteiger partial charge < -0.3 is 9.84 Å². The molecule has 140 valence electrons. The highest BCUT2D eigenvalue weighted by Gasteiger charge is 2.47. The molecule has 1 saturated carbocycles. The molecule has 1 fully saturated rings. The van der Waals surface area contributed by atoms with E-state index in [0.717, 1.165) is 23.7 Å². The second kappa shape index (κ2) is 7.60. The number of phenolic OH excluding ortho intramolecular Hbond substituents is 1. The summed E-state index contributed by atoms with van der Waals surface area (Å²) in [6.45, 7) is 9.07. The molecule has 2 aliphatic rings. The Hall–Kier alpha value is -1.18. The van der Waals surface area contributed by atoms with Crippen LogP contribution in [0.2, 0.25) is 0 Å². The number of phenols is 1. The highest BCUT2D eigenvalue weighted by Crippen LogP contribution is 2.55. The van der Waals surface area contributed by atoms with Crippen molar-refractivity contribution in [2.24, 2.45) is 11.8 Å². The number of unbranched alkanes of at least 4 members (excludes halogenated alkanes) is 4. The van der Waals surface area contributed by atoms with Crippen molar-refractivity contribution >= 4 is 0 Å². The zero-order chi connectivity index (χ0) is 18.0. The van der Waals surface area contributed by atoms with E-state index in [1.165, 1.54) is 56.9 Å². The SMILES string of the molecule is CCCCCCCc1cc(O)c2c(c1)OC(C)(C)[C@@H]1CC[C@@H](C)C[C@@H]21. The Bertz CT molecular complexity index is 590. The highest BCUT2D eigenvalue weighted by molar-refractivity contribution is 5.52. The number of aryl methyl sites for hydroxylation is 1. The predicted molar refractivity (Wildman–Crippen MR) is 105 cm³/mol. The summed E-state index contributed by atoms with van der Waals surface area (Å²) >= 11 is 0. The van der Waals surface area contributed by atoms with Crippen LogP contribution in [0.25, 0.3) is 0 Å². The molecule has 2 nitrogen and oxygen atoms in total. The largest absolute Gasteiger partial charge is 0.508 e. The molecule has 1 N–H and O–H groups in total. The third kappa shape index (κ3) is 3.99. The molecule has 0 unspecified atom stereocenters. The summed E-state index contributed by atoms with van der Waals surface area (Å²) in [5.74, 6) is 3.12. The highest BCUT2D eigenvalue weighted by atomic mass is 16.5. The molecule has 0 bridgehead atoms. The van der Waals surface area contributed by atoms with Gasteiger partial charge in [-0.2, -0.15) is 0 Å². The topological polar surface area (TPSA) is 29.5 Å². The lowest BCUT2D eigenvalue weighted by Crippen LogP contribution is -2.46. The van der Waals surface area contributed by atoms with E-state index in [1.807, 2.05) is 6.07 Å². The first-order valence-corrected chi connectivity index (χ1v) is 10.5. The van der Waals surface area contributed by atoms with Crippen molar-refractivity contribution in [3.8, 4) is 11.5 Å². The first kappa shape index (κ1) is 18.6. The molecule has 1 aromatic rings. The third-order valence-corrected chi connectivity index (χ3v) is 6.50. The van der Waals surface area contributed by atoms with Gasteiger partial charge in [0.2, 0.25) is 0 Å². The summed E-state index contributed by atoms with van der Waals surface area (Å²) in [5.41, 5.74) is 2.18. The quantitative estimate of drug-likeness (QED) is 0.589. The first-order chi connectivity index (χ1) is 11.9. The summed E-state index contributed by atoms with van der Waals surface area (Å²) < 4.78 is 6.43. The summed E-state index contributed by atoms with van der Waals surface area (Å²) in [5, 5.41) is 10.8. The molecular weight excluding hydrogens is 308 g/mol. The second-order valence-electron chi connectivity index (χ2n) is 9.03. The van der Waals surface area contributed by atoms with Crippen LogP contribution in [0.15, 0.2) is 12.1 Å². The van der Waals surface area contributed by atoms with Crippen molar-refractivity contribution in [1.29, 1.82) is 0 Å². The fraction of sp³-hybridized carbons (Fsp3) is 0.739. The molecule has 0 amide bonds. The molecule has 0 saturated heterocycles. The minimum absolute atomic E-state index is 0.135. The van der Waals surface area contributed by atoms with E-state index in [-0.39, 0.29) is 5.60 Å². The Morgan fingerprint density at radius 2 is 1.88 bits per heavy atom. The Balaban J connectivity index is 1.80. The smallest absolute Gasteiger partial charge is 0.127 e. The number of rotatable bonds is 6. The molecular formula is C23H36O2. The van der Waals surface area contributed by atoms with Crippen molar-refractivity contribution in [3.63, 3.8) is 0 Å². The standard InChI is InChI=1S/C23H36O2/c1-5-6-7-8-9-10-17-14-20(24)22-18-13-16(2)11-12-19(18)23(3,4)25-21(22)15-17/h14-16,18-19,24H,5-13H2,1-4H3/t16-,18-,19-/m1/s1. The van der Waals surface area contributed by atoms with Gasteiger partial charge in [-0.25, -0.2) is 0 Å². The minimum atomic E-state index is -0.135. The van der Waals surface area contributed by atoms with Crippen molar-refractivity contribution < 1.29 is 9.84 Å². The summed E-state index contributed by atoms with van der Waals surface area (Å²) in [6.07, 6.45) is 11.1. The van der Waals surface area contributed by atoms with Crippen molar-refractivity contribution in [2.45, 2.75) is 97.0 Å². The van der Waals surface area contributed by atoms with Crippen LogP contribution < -0.4 is 4.74 Å². The summed E-state index contributed by atoms with van der Waals surface area (Å²) in [7, 11) is 0. The molecule has 0 radical (unpaired) electrons. The Morgan fingerprint density at radius 1 is 1.12 bits per heavy atom. The normalized spacial score (nSPS) is 27.3. The van der Waals surface area contributed by atoms with Crippen molar-refractivity contribution in [1.82, 2.24) is 0 Å². The van der Waals surface area contributed by atoms with E-state index in [0.29, 0.717) is 17.6 Å². The van der Waals surface area contributed by atoms with E-state index in [1.54, 1.807) is 0 Å². The average Bonchev–Trinajstić information content (AvgIpc) is 2.53. The van der Waals surface area contributed by atoms with Crippen LogP contribution >= 0.6 is 0 Å². The van der Waals surface area contributed by atoms with Gasteiger partial charge in [0, 0.05) is 11.5 Å². The first-order valence-electron chi connectivity index (χ1n) is 10.5. The van der Waals surface area contributed by atoms with Gasteiger partial charge >= 0.3 is 0 Å². The van der Waals surface area contributed by atoms with Crippen LogP contribution in [-0.4, -0.2) is 10.7 Å². The molecule has 1 aliphatic carbocycles. The molecule has 25 heavy (non-hydrogen) atoms. The van der Waals surface area contributed by atoms with Gasteiger partial charge in [0.25, 0.3) is 0 Å². The fourth-order valence-corrected chi connectivity index (χ4v) is 5.09. The van der Waals surface area contributed by atoms with Gasteiger partial charge in [-0.05, 0) is 69.1 Å². The van der Waals surface area contributed by atoms with Gasteiger partial charge in [0.05, 0.1) is 0 Å². The molecule has 1 aromatic carbocycles. The Labute approximate surface area is 154 Å². The lowest BCUT2D eigenvalue weighted by Gasteiger charge is -2.48. The van der Waals surface area contributed by atoms with E-state index in [9.17, 15) is 5.11 Å². The van der Waals surface area contributed by atoms with E-state index >= 15 is 0 Å². The van der Waals surface area contributed by atoms with Crippen LogP contribution in [0.4, 0.5) is 0 Å². The van der Waals surface area contributed by atoms with Crippen LogP contribution in [-0.2, 0) is 6.42 Å². The van der Waals surface area contributed by atoms with Gasteiger partial charge in [-0.3, -0.25) is 0 Å². The van der Waals surface area contributed by atoms with Crippen LogP contribution in [0.1, 0.15) is 96.1 Å². The number of benzene rings is 1. The summed E-state index contributed by atoms with van der Waals surface area (Å²) in [4.78, 5) is 0. The van der Waals surface area contributed by atoms with Crippen LogP contribution in [0.3, 0.4) is 0 Å². The lowest BCUT2D eigenvalue weighted by molar-refractivity contribution is -0.0145. The third-order valence-electron chi connectivity index (χ3n) is 6.50. The zero-order valence-corrected chi connectivity index (χ0v) is 16.6. The second-order valence-corrected chi connectivity index (χ2v) is 9.03. The average molecular weight is 345 g/mol. The maximum atomic E-state index is 10.8. The van der Waals surface area contributed by atoms with Gasteiger partial charge in [-0.1, -0.05) is 46.0 Å². The Morgan fingerprint density at radius 3 is 2.64 bits per heavy atom. The number of fused-ring (bicyclic) bond motifs is 3. The van der Waals surface area contributed by atoms with Gasteiger partial charge in [0.15, 0.2) is 0 Å². The molecule has 3 atom stereocenters. The van der Waals surface area contributed by atoms with Crippen LogP contribution in [0, 0.1) is 11.8 Å². The monoisotopic (exact) mass is 344 g/mol. The molecule has 0 aromatic heterocycles. The summed E-state index contributed by atoms with van der Waals surface area (Å²) in [6, 6.07) is 4.22. The predicted octanol–water partition coefficient (Wildman–Crippen LogP) is 6.60. The zero-order valence-electron chi connectivity index (χ0n) is 16.6. The molecule has 2 heteroatoms. The van der Waals surface area contributed by atoms with Gasteiger partial charge in [0.1, 0.15) is 17.1 Å². The fourth-order valence-electron chi connectivity index (χ4n) is 5.09. The van der Waals surface area contributed by atoms with E-state index < -0.39 is 0 Å². The number of hydrogen-bond acceptors (Lipinski definition) is 2. The lowest BCUT2D eigenvalue weighted by atomic mass is 9.64. The molecule has 0 spiro atoms. The number of aromatic hydroxyl groups is 1.